The molecule has 0 aromatic carbocycles. The highest BCUT2D eigenvalue weighted by Crippen LogP contribution is 2.57. The number of phosphoric ester groups is 1. The second-order valence-corrected chi connectivity index (χ2v) is 8.26. The van der Waals surface area contributed by atoms with Crippen molar-refractivity contribution in [2.45, 2.75) is 75.8 Å². The zero-order valence-electron chi connectivity index (χ0n) is 14.3. The van der Waals surface area contributed by atoms with Gasteiger partial charge in [0.05, 0.1) is 31.5 Å². The quantitative estimate of drug-likeness (QED) is 0.734. The van der Waals surface area contributed by atoms with Crippen LogP contribution < -0.4 is 0 Å². The van der Waals surface area contributed by atoms with Gasteiger partial charge in [0.25, 0.3) is 0 Å². The molecule has 0 spiro atoms. The highest BCUT2D eigenvalue weighted by Gasteiger charge is 2.48. The van der Waals surface area contributed by atoms with Gasteiger partial charge in [0.1, 0.15) is 24.4 Å². The number of rotatable bonds is 5. The van der Waals surface area contributed by atoms with Crippen LogP contribution in [0.3, 0.4) is 0 Å². The van der Waals surface area contributed by atoms with Crippen molar-refractivity contribution in [2.75, 3.05) is 20.3 Å². The molecule has 3 saturated heterocycles. The van der Waals surface area contributed by atoms with Crippen LogP contribution in [0, 0.1) is 0 Å². The SMILES string of the molecule is CO[C@H]1C[C@H](C)O[C@@H]1[C@@H]1CCO[P@@](=O)(O[C@H]2C[C@H](C)O[C@@H]2CO)O1. The Kier molecular flexibility index (Phi) is 5.99. The number of hydrogen-bond acceptors (Lipinski definition) is 8. The predicted octanol–water partition coefficient (Wildman–Crippen LogP) is 1.65. The number of aliphatic hydroxyl groups excluding tert-OH is 1. The summed E-state index contributed by atoms with van der Waals surface area (Å²) in [6.45, 7) is 3.92. The van der Waals surface area contributed by atoms with E-state index in [0.717, 1.165) is 6.42 Å². The van der Waals surface area contributed by atoms with Crippen molar-refractivity contribution in [3.63, 3.8) is 0 Å². The number of aliphatic hydroxyl groups is 1. The van der Waals surface area contributed by atoms with E-state index < -0.39 is 26.1 Å². The molecule has 0 saturated carbocycles. The summed E-state index contributed by atoms with van der Waals surface area (Å²) in [5.41, 5.74) is 0. The molecule has 0 bridgehead atoms. The van der Waals surface area contributed by atoms with E-state index in [1.165, 1.54) is 0 Å². The molecule has 0 aliphatic carbocycles. The zero-order chi connectivity index (χ0) is 17.3. The zero-order valence-corrected chi connectivity index (χ0v) is 15.2. The van der Waals surface area contributed by atoms with Crippen LogP contribution in [0.15, 0.2) is 0 Å². The molecule has 140 valence electrons. The van der Waals surface area contributed by atoms with Gasteiger partial charge in [-0.15, -0.1) is 0 Å². The predicted molar refractivity (Wildman–Crippen MR) is 83.7 cm³/mol. The first kappa shape index (κ1) is 18.7. The largest absolute Gasteiger partial charge is 0.475 e. The van der Waals surface area contributed by atoms with Crippen molar-refractivity contribution >= 4 is 7.82 Å². The third-order valence-corrected chi connectivity index (χ3v) is 6.29. The Bertz CT molecular complexity index is 474. The lowest BCUT2D eigenvalue weighted by Gasteiger charge is -2.34. The summed E-state index contributed by atoms with van der Waals surface area (Å²) >= 11 is 0. The standard InChI is InChI=1S/C15H27O8P/c1-9-6-12(14(8-16)20-9)23-24(17)19-5-4-11(22-24)15-13(18-3)7-10(2)21-15/h9-16H,4-8H2,1-3H3/t9-,10-,11-,12-,13-,14+,15+,24+/m0/s1. The van der Waals surface area contributed by atoms with Crippen molar-refractivity contribution in [2.24, 2.45) is 0 Å². The van der Waals surface area contributed by atoms with Gasteiger partial charge in [-0.05, 0) is 13.8 Å². The summed E-state index contributed by atoms with van der Waals surface area (Å²) < 4.78 is 46.4. The summed E-state index contributed by atoms with van der Waals surface area (Å²) in [6, 6.07) is 0. The molecule has 0 unspecified atom stereocenters. The van der Waals surface area contributed by atoms with Crippen molar-refractivity contribution in [3.05, 3.63) is 0 Å². The van der Waals surface area contributed by atoms with Gasteiger partial charge in [-0.25, -0.2) is 4.57 Å². The van der Waals surface area contributed by atoms with E-state index in [-0.39, 0.29) is 37.6 Å². The number of methoxy groups -OCH3 is 1. The third kappa shape index (κ3) is 4.02. The molecule has 3 aliphatic rings. The van der Waals surface area contributed by atoms with E-state index in [0.29, 0.717) is 12.8 Å². The van der Waals surface area contributed by atoms with Gasteiger partial charge in [-0.2, -0.15) is 0 Å². The Morgan fingerprint density at radius 1 is 1.17 bits per heavy atom. The molecule has 3 heterocycles. The summed E-state index contributed by atoms with van der Waals surface area (Å²) in [6.07, 6.45) is 0.0141. The fourth-order valence-electron chi connectivity index (χ4n) is 3.60. The third-order valence-electron chi connectivity index (χ3n) is 4.74. The topological polar surface area (TPSA) is 92.7 Å². The van der Waals surface area contributed by atoms with Crippen molar-refractivity contribution in [1.29, 1.82) is 0 Å². The second-order valence-electron chi connectivity index (χ2n) is 6.68. The van der Waals surface area contributed by atoms with Crippen LogP contribution in [0.2, 0.25) is 0 Å². The molecular formula is C15H27O8P. The minimum atomic E-state index is -3.73. The molecule has 24 heavy (non-hydrogen) atoms. The van der Waals surface area contributed by atoms with E-state index in [2.05, 4.69) is 0 Å². The fourth-order valence-corrected chi connectivity index (χ4v) is 5.21. The Balaban J connectivity index is 1.65. The Morgan fingerprint density at radius 3 is 2.58 bits per heavy atom. The Morgan fingerprint density at radius 2 is 1.88 bits per heavy atom. The van der Waals surface area contributed by atoms with Crippen LogP contribution in [0.1, 0.15) is 33.1 Å². The summed E-state index contributed by atoms with van der Waals surface area (Å²) in [4.78, 5) is 0. The first-order valence-electron chi connectivity index (χ1n) is 8.50. The van der Waals surface area contributed by atoms with Crippen LogP contribution >= 0.6 is 7.82 Å². The lowest BCUT2D eigenvalue weighted by atomic mass is 10.0. The summed E-state index contributed by atoms with van der Waals surface area (Å²) in [5.74, 6) is 0. The van der Waals surface area contributed by atoms with Gasteiger partial charge in [0.15, 0.2) is 0 Å². The molecular weight excluding hydrogens is 339 g/mol. The minimum absolute atomic E-state index is 0.0644. The van der Waals surface area contributed by atoms with Crippen LogP contribution in [-0.2, 0) is 32.3 Å². The molecule has 1 N–H and O–H groups in total. The lowest BCUT2D eigenvalue weighted by molar-refractivity contribution is -0.0981. The number of phosphoric acid groups is 1. The van der Waals surface area contributed by atoms with Gasteiger partial charge in [0.2, 0.25) is 0 Å². The normalized spacial score (nSPS) is 49.6. The summed E-state index contributed by atoms with van der Waals surface area (Å²) in [7, 11) is -2.10. The maximum atomic E-state index is 12.9. The molecule has 8 atom stereocenters. The molecule has 3 rings (SSSR count). The Labute approximate surface area is 142 Å². The van der Waals surface area contributed by atoms with Crippen molar-refractivity contribution < 1.29 is 37.5 Å². The van der Waals surface area contributed by atoms with Crippen LogP contribution in [0.5, 0.6) is 0 Å². The first-order chi connectivity index (χ1) is 11.4. The molecule has 8 nitrogen and oxygen atoms in total. The van der Waals surface area contributed by atoms with Crippen molar-refractivity contribution in [3.8, 4) is 0 Å². The first-order valence-corrected chi connectivity index (χ1v) is 9.96. The maximum absolute atomic E-state index is 12.9. The molecule has 3 aliphatic heterocycles. The van der Waals surface area contributed by atoms with Crippen LogP contribution in [0.25, 0.3) is 0 Å². The fraction of sp³-hybridized carbons (Fsp3) is 1.00. The smallest absolute Gasteiger partial charge is 0.394 e. The van der Waals surface area contributed by atoms with Crippen LogP contribution in [-0.4, -0.2) is 68.2 Å². The van der Waals surface area contributed by atoms with E-state index in [1.807, 2.05) is 13.8 Å². The minimum Gasteiger partial charge on any atom is -0.394 e. The monoisotopic (exact) mass is 366 g/mol. The van der Waals surface area contributed by atoms with Gasteiger partial charge in [-0.3, -0.25) is 13.6 Å². The average Bonchev–Trinajstić information content (AvgIpc) is 3.08. The number of hydrogen-bond donors (Lipinski definition) is 1. The van der Waals surface area contributed by atoms with Crippen molar-refractivity contribution in [1.82, 2.24) is 0 Å². The van der Waals surface area contributed by atoms with E-state index >= 15 is 0 Å². The van der Waals surface area contributed by atoms with Gasteiger partial charge >= 0.3 is 7.82 Å². The highest BCUT2D eigenvalue weighted by molar-refractivity contribution is 7.48. The Hall–Kier alpha value is -0.0500. The highest BCUT2D eigenvalue weighted by atomic mass is 31.2. The molecule has 9 heteroatoms. The lowest BCUT2D eigenvalue weighted by Crippen LogP contribution is -2.40. The molecule has 0 amide bonds. The molecule has 3 fully saturated rings. The van der Waals surface area contributed by atoms with Gasteiger partial charge in [0, 0.05) is 26.4 Å². The average molecular weight is 366 g/mol. The van der Waals surface area contributed by atoms with Crippen LogP contribution in [0.4, 0.5) is 0 Å². The summed E-state index contributed by atoms with van der Waals surface area (Å²) in [5, 5.41) is 9.38. The molecule has 0 aromatic heterocycles. The van der Waals surface area contributed by atoms with E-state index in [9.17, 15) is 9.67 Å². The van der Waals surface area contributed by atoms with Gasteiger partial charge in [-0.1, -0.05) is 0 Å². The molecule has 0 aromatic rings. The van der Waals surface area contributed by atoms with Gasteiger partial charge < -0.3 is 19.3 Å². The second kappa shape index (κ2) is 7.68. The molecule has 0 radical (unpaired) electrons. The van der Waals surface area contributed by atoms with E-state index in [4.69, 9.17) is 27.8 Å². The maximum Gasteiger partial charge on any atom is 0.475 e. The van der Waals surface area contributed by atoms with E-state index in [1.54, 1.807) is 7.11 Å². The number of ether oxygens (including phenoxy) is 3.